The van der Waals surface area contributed by atoms with Gasteiger partial charge in [-0.15, -0.1) is 11.8 Å². The van der Waals surface area contributed by atoms with Gasteiger partial charge >= 0.3 is 0 Å². The van der Waals surface area contributed by atoms with Crippen LogP contribution in [0, 0.1) is 0 Å². The van der Waals surface area contributed by atoms with Gasteiger partial charge in [-0.3, -0.25) is 4.79 Å². The Morgan fingerprint density at radius 1 is 1.18 bits per heavy atom. The lowest BCUT2D eigenvalue weighted by Crippen LogP contribution is -2.36. The molecule has 1 aliphatic heterocycles. The Morgan fingerprint density at radius 2 is 1.86 bits per heavy atom. The van der Waals surface area contributed by atoms with E-state index in [0.29, 0.717) is 11.0 Å². The summed E-state index contributed by atoms with van der Waals surface area (Å²) < 4.78 is 5.37. The molecule has 1 N–H and O–H groups in total. The Hall–Kier alpha value is -1.20. The van der Waals surface area contributed by atoms with Gasteiger partial charge < -0.3 is 15.0 Å². The van der Waals surface area contributed by atoms with Crippen LogP contribution in [0.1, 0.15) is 25.7 Å². The highest BCUT2D eigenvalue weighted by Crippen LogP contribution is 2.29. The third-order valence-electron chi connectivity index (χ3n) is 4.28. The number of nitrogens with zero attached hydrogens (tertiary/aromatic N) is 1. The second-order valence-corrected chi connectivity index (χ2v) is 7.20. The number of hydrogen-bond acceptors (Lipinski definition) is 4. The zero-order valence-corrected chi connectivity index (χ0v) is 13.7. The molecule has 3 rings (SSSR count). The Balaban J connectivity index is 1.46. The van der Waals surface area contributed by atoms with Gasteiger partial charge in [-0.1, -0.05) is 12.8 Å². The SMILES string of the molecule is O=C(CSC1CCCC1)Nc1ccc(N2CCOCC2)cc1. The number of nitrogens with one attached hydrogen (secondary N) is 1. The molecule has 0 spiro atoms. The summed E-state index contributed by atoms with van der Waals surface area (Å²) in [5.74, 6) is 0.673. The summed E-state index contributed by atoms with van der Waals surface area (Å²) in [6.07, 6.45) is 5.18. The quantitative estimate of drug-likeness (QED) is 0.905. The Kier molecular flexibility index (Phi) is 5.62. The van der Waals surface area contributed by atoms with Gasteiger partial charge in [0.1, 0.15) is 0 Å². The Labute approximate surface area is 136 Å². The number of amides is 1. The number of carbonyl (C=O) groups is 1. The molecule has 2 fully saturated rings. The summed E-state index contributed by atoms with van der Waals surface area (Å²) in [5.41, 5.74) is 2.08. The molecule has 1 heterocycles. The minimum atomic E-state index is 0.107. The predicted octanol–water partition coefficient (Wildman–Crippen LogP) is 3.14. The van der Waals surface area contributed by atoms with Gasteiger partial charge in [0.25, 0.3) is 0 Å². The third kappa shape index (κ3) is 4.40. The van der Waals surface area contributed by atoms with E-state index in [1.165, 1.54) is 31.4 Å². The molecule has 120 valence electrons. The first-order valence-electron chi connectivity index (χ1n) is 8.15. The molecule has 0 unspecified atom stereocenters. The largest absolute Gasteiger partial charge is 0.378 e. The van der Waals surface area contributed by atoms with Crippen LogP contribution >= 0.6 is 11.8 Å². The molecule has 1 aliphatic carbocycles. The van der Waals surface area contributed by atoms with Crippen LogP contribution < -0.4 is 10.2 Å². The summed E-state index contributed by atoms with van der Waals surface area (Å²) >= 11 is 1.80. The molecule has 1 amide bonds. The van der Waals surface area contributed by atoms with Crippen LogP contribution in [-0.4, -0.2) is 43.2 Å². The fraction of sp³-hybridized carbons (Fsp3) is 0.588. The highest BCUT2D eigenvalue weighted by Gasteiger charge is 2.17. The van der Waals surface area contributed by atoms with Crippen molar-refractivity contribution in [2.45, 2.75) is 30.9 Å². The monoisotopic (exact) mass is 320 g/mol. The highest BCUT2D eigenvalue weighted by atomic mass is 32.2. The highest BCUT2D eigenvalue weighted by molar-refractivity contribution is 8.00. The topological polar surface area (TPSA) is 41.6 Å². The van der Waals surface area contributed by atoms with Crippen molar-refractivity contribution in [2.24, 2.45) is 0 Å². The van der Waals surface area contributed by atoms with Crippen molar-refractivity contribution >= 4 is 29.0 Å². The van der Waals surface area contributed by atoms with E-state index in [0.717, 1.165) is 32.0 Å². The maximum absolute atomic E-state index is 12.0. The molecule has 1 aromatic carbocycles. The molecule has 4 nitrogen and oxygen atoms in total. The maximum atomic E-state index is 12.0. The molecule has 0 radical (unpaired) electrons. The lowest BCUT2D eigenvalue weighted by atomic mass is 10.2. The Bertz CT molecular complexity index is 480. The summed E-state index contributed by atoms with van der Waals surface area (Å²) in [7, 11) is 0. The molecule has 1 aromatic rings. The lowest BCUT2D eigenvalue weighted by molar-refractivity contribution is -0.113. The number of morpholine rings is 1. The van der Waals surface area contributed by atoms with Crippen LogP contribution in [0.25, 0.3) is 0 Å². The molecule has 22 heavy (non-hydrogen) atoms. The Morgan fingerprint density at radius 3 is 2.55 bits per heavy atom. The maximum Gasteiger partial charge on any atom is 0.234 e. The second-order valence-electron chi connectivity index (χ2n) is 5.91. The number of ether oxygens (including phenoxy) is 1. The van der Waals surface area contributed by atoms with Crippen LogP contribution in [-0.2, 0) is 9.53 Å². The van der Waals surface area contributed by atoms with E-state index >= 15 is 0 Å². The second kappa shape index (κ2) is 7.88. The number of rotatable bonds is 5. The fourth-order valence-corrected chi connectivity index (χ4v) is 4.15. The summed E-state index contributed by atoms with van der Waals surface area (Å²) in [6, 6.07) is 8.13. The van der Waals surface area contributed by atoms with E-state index in [2.05, 4.69) is 22.3 Å². The van der Waals surface area contributed by atoms with Crippen molar-refractivity contribution in [2.75, 3.05) is 42.3 Å². The molecule has 0 atom stereocenters. The standard InChI is InChI=1S/C17H24N2O2S/c20-17(13-22-16-3-1-2-4-16)18-14-5-7-15(8-6-14)19-9-11-21-12-10-19/h5-8,16H,1-4,9-13H2,(H,18,20). The van der Waals surface area contributed by atoms with Crippen molar-refractivity contribution in [1.29, 1.82) is 0 Å². The molecule has 2 aliphatic rings. The van der Waals surface area contributed by atoms with E-state index < -0.39 is 0 Å². The van der Waals surface area contributed by atoms with Gasteiger partial charge in [0.15, 0.2) is 0 Å². The zero-order chi connectivity index (χ0) is 15.2. The van der Waals surface area contributed by atoms with Crippen molar-refractivity contribution < 1.29 is 9.53 Å². The lowest BCUT2D eigenvalue weighted by Gasteiger charge is -2.28. The molecule has 0 aromatic heterocycles. The van der Waals surface area contributed by atoms with Gasteiger partial charge in [-0.25, -0.2) is 0 Å². The van der Waals surface area contributed by atoms with E-state index in [9.17, 15) is 4.79 Å². The average molecular weight is 320 g/mol. The fourth-order valence-electron chi connectivity index (χ4n) is 3.02. The smallest absolute Gasteiger partial charge is 0.234 e. The molecule has 1 saturated heterocycles. The van der Waals surface area contributed by atoms with E-state index in [-0.39, 0.29) is 5.91 Å². The van der Waals surface area contributed by atoms with Gasteiger partial charge in [0.2, 0.25) is 5.91 Å². The molecular formula is C17H24N2O2S. The summed E-state index contributed by atoms with van der Waals surface area (Å²) in [4.78, 5) is 14.3. The summed E-state index contributed by atoms with van der Waals surface area (Å²) in [6.45, 7) is 3.45. The molecule has 0 bridgehead atoms. The first kappa shape index (κ1) is 15.7. The summed E-state index contributed by atoms with van der Waals surface area (Å²) in [5, 5.41) is 3.68. The van der Waals surface area contributed by atoms with Crippen LogP contribution in [0.5, 0.6) is 0 Å². The van der Waals surface area contributed by atoms with E-state index in [1.54, 1.807) is 11.8 Å². The van der Waals surface area contributed by atoms with Crippen LogP contribution in [0.15, 0.2) is 24.3 Å². The predicted molar refractivity (Wildman–Crippen MR) is 92.8 cm³/mol. The van der Waals surface area contributed by atoms with Gasteiger partial charge in [0.05, 0.1) is 19.0 Å². The number of thioether (sulfide) groups is 1. The number of carbonyl (C=O) groups excluding carboxylic acids is 1. The third-order valence-corrected chi connectivity index (χ3v) is 5.65. The van der Waals surface area contributed by atoms with E-state index in [4.69, 9.17) is 4.74 Å². The zero-order valence-electron chi connectivity index (χ0n) is 12.9. The minimum Gasteiger partial charge on any atom is -0.378 e. The van der Waals surface area contributed by atoms with Crippen LogP contribution in [0.3, 0.4) is 0 Å². The van der Waals surface area contributed by atoms with Crippen molar-refractivity contribution in [3.05, 3.63) is 24.3 Å². The normalized spacial score (nSPS) is 19.4. The van der Waals surface area contributed by atoms with Crippen LogP contribution in [0.2, 0.25) is 0 Å². The molecule has 5 heteroatoms. The average Bonchev–Trinajstić information content (AvgIpc) is 3.08. The first-order valence-corrected chi connectivity index (χ1v) is 9.20. The molecular weight excluding hydrogens is 296 g/mol. The minimum absolute atomic E-state index is 0.107. The number of benzene rings is 1. The van der Waals surface area contributed by atoms with E-state index in [1.807, 2.05) is 12.1 Å². The van der Waals surface area contributed by atoms with Crippen LogP contribution in [0.4, 0.5) is 11.4 Å². The van der Waals surface area contributed by atoms with Crippen molar-refractivity contribution in [3.8, 4) is 0 Å². The van der Waals surface area contributed by atoms with Crippen molar-refractivity contribution in [1.82, 2.24) is 0 Å². The van der Waals surface area contributed by atoms with Crippen molar-refractivity contribution in [3.63, 3.8) is 0 Å². The van der Waals surface area contributed by atoms with Gasteiger partial charge in [0, 0.05) is 29.7 Å². The number of hydrogen-bond donors (Lipinski definition) is 1. The first-order chi connectivity index (χ1) is 10.8. The molecule has 1 saturated carbocycles. The van der Waals surface area contributed by atoms with Gasteiger partial charge in [-0.2, -0.15) is 0 Å². The van der Waals surface area contributed by atoms with Gasteiger partial charge in [-0.05, 0) is 37.1 Å². The number of anilines is 2.